The Bertz CT molecular complexity index is 1290. The van der Waals surface area contributed by atoms with E-state index in [9.17, 15) is 9.90 Å². The highest BCUT2D eigenvalue weighted by Crippen LogP contribution is 2.31. The lowest BCUT2D eigenvalue weighted by molar-refractivity contribution is 0.0977. The molecule has 0 saturated carbocycles. The number of anilines is 1. The molecule has 6 nitrogen and oxygen atoms in total. The lowest BCUT2D eigenvalue weighted by Gasteiger charge is -2.09. The average molecular weight is 547 g/mol. The third-order valence-electron chi connectivity index (χ3n) is 4.15. The Morgan fingerprint density at radius 2 is 1.90 bits per heavy atom. The highest BCUT2D eigenvalue weighted by atomic mass is 79.9. The number of nitrogens with one attached hydrogen (secondary N) is 2. The van der Waals surface area contributed by atoms with Crippen molar-refractivity contribution in [1.29, 1.82) is 0 Å². The number of thiocarbonyl (C=S) groups is 1. The maximum absolute atomic E-state index is 12.3. The van der Waals surface area contributed by atoms with Gasteiger partial charge in [0.15, 0.2) is 10.7 Å². The normalized spacial score (nSPS) is 10.7. The molecule has 0 saturated heterocycles. The van der Waals surface area contributed by atoms with E-state index in [1.807, 2.05) is 6.07 Å². The van der Waals surface area contributed by atoms with Crippen molar-refractivity contribution in [1.82, 2.24) is 10.3 Å². The van der Waals surface area contributed by atoms with Crippen molar-refractivity contribution in [2.75, 3.05) is 5.32 Å². The summed E-state index contributed by atoms with van der Waals surface area (Å²) >= 11 is 11.9. The molecule has 1 aromatic heterocycles. The Kier molecular flexibility index (Phi) is 5.85. The quantitative estimate of drug-likeness (QED) is 0.279. The van der Waals surface area contributed by atoms with E-state index in [-0.39, 0.29) is 16.8 Å². The van der Waals surface area contributed by atoms with Gasteiger partial charge in [0.1, 0.15) is 11.3 Å². The van der Waals surface area contributed by atoms with Crippen LogP contribution in [-0.4, -0.2) is 21.1 Å². The second-order valence-electron chi connectivity index (χ2n) is 6.29. The number of nitrogens with zero attached hydrogens (tertiary/aromatic N) is 1. The number of phenolic OH excluding ortho intramolecular Hbond substituents is 1. The van der Waals surface area contributed by atoms with Gasteiger partial charge in [-0.05, 0) is 82.7 Å². The Balaban J connectivity index is 1.50. The van der Waals surface area contributed by atoms with Crippen molar-refractivity contribution in [2.24, 2.45) is 0 Å². The van der Waals surface area contributed by atoms with Gasteiger partial charge < -0.3 is 14.8 Å². The van der Waals surface area contributed by atoms with E-state index >= 15 is 0 Å². The third-order valence-corrected chi connectivity index (χ3v) is 5.49. The van der Waals surface area contributed by atoms with Crippen LogP contribution in [0.15, 0.2) is 74.0 Å². The molecule has 3 aromatic carbocycles. The van der Waals surface area contributed by atoms with Crippen LogP contribution >= 0.6 is 44.1 Å². The zero-order chi connectivity index (χ0) is 21.3. The Morgan fingerprint density at radius 1 is 1.07 bits per heavy atom. The van der Waals surface area contributed by atoms with E-state index in [0.29, 0.717) is 32.7 Å². The largest absolute Gasteiger partial charge is 0.507 e. The molecule has 0 bridgehead atoms. The molecule has 4 aromatic rings. The predicted molar refractivity (Wildman–Crippen MR) is 127 cm³/mol. The summed E-state index contributed by atoms with van der Waals surface area (Å²) in [5.74, 6) is 0.254. The number of halogens is 2. The molecular weight excluding hydrogens is 534 g/mol. The summed E-state index contributed by atoms with van der Waals surface area (Å²) in [6, 6.07) is 17.4. The van der Waals surface area contributed by atoms with Gasteiger partial charge in [0.05, 0.1) is 4.47 Å². The third kappa shape index (κ3) is 4.53. The van der Waals surface area contributed by atoms with E-state index in [2.05, 4.69) is 47.5 Å². The fourth-order valence-corrected chi connectivity index (χ4v) is 3.72. The molecule has 1 heterocycles. The van der Waals surface area contributed by atoms with Gasteiger partial charge in [-0.15, -0.1) is 0 Å². The molecule has 0 radical (unpaired) electrons. The molecule has 0 aliphatic carbocycles. The van der Waals surface area contributed by atoms with Crippen LogP contribution in [0.4, 0.5) is 5.69 Å². The van der Waals surface area contributed by atoms with E-state index in [0.717, 1.165) is 10.0 Å². The number of amides is 1. The van der Waals surface area contributed by atoms with Crippen LogP contribution in [0.2, 0.25) is 0 Å². The lowest BCUT2D eigenvalue weighted by Crippen LogP contribution is -2.34. The summed E-state index contributed by atoms with van der Waals surface area (Å²) in [4.78, 5) is 16.8. The predicted octanol–water partition coefficient (Wildman–Crippen LogP) is 5.85. The van der Waals surface area contributed by atoms with Gasteiger partial charge in [-0.1, -0.05) is 22.0 Å². The first-order valence-corrected chi connectivity index (χ1v) is 10.7. The van der Waals surface area contributed by atoms with Gasteiger partial charge in [-0.25, -0.2) is 4.98 Å². The number of oxazole rings is 1. The van der Waals surface area contributed by atoms with Crippen LogP contribution in [-0.2, 0) is 0 Å². The summed E-state index contributed by atoms with van der Waals surface area (Å²) < 4.78 is 7.15. The fourth-order valence-electron chi connectivity index (χ4n) is 2.74. The minimum atomic E-state index is -0.309. The maximum atomic E-state index is 12.3. The van der Waals surface area contributed by atoms with Gasteiger partial charge in [-0.2, -0.15) is 0 Å². The van der Waals surface area contributed by atoms with E-state index < -0.39 is 0 Å². The van der Waals surface area contributed by atoms with E-state index in [1.54, 1.807) is 54.6 Å². The lowest BCUT2D eigenvalue weighted by atomic mass is 10.2. The summed E-state index contributed by atoms with van der Waals surface area (Å²) in [6.45, 7) is 0. The standard InChI is InChI=1S/C21H13Br2N3O3S/c22-13-3-1-2-11(8-13)19(28)26-21(30)24-14-5-7-18-16(10-14)25-20(29-18)12-4-6-17(27)15(23)9-12/h1-10,27H,(H2,24,26,28,30). The molecule has 9 heteroatoms. The highest BCUT2D eigenvalue weighted by molar-refractivity contribution is 9.10. The summed E-state index contributed by atoms with van der Waals surface area (Å²) in [7, 11) is 0. The van der Waals surface area contributed by atoms with Crippen molar-refractivity contribution < 1.29 is 14.3 Å². The first-order chi connectivity index (χ1) is 14.4. The van der Waals surface area contributed by atoms with Gasteiger partial charge >= 0.3 is 0 Å². The molecule has 0 aliphatic rings. The molecule has 0 atom stereocenters. The maximum Gasteiger partial charge on any atom is 0.257 e. The minimum Gasteiger partial charge on any atom is -0.507 e. The van der Waals surface area contributed by atoms with Crippen molar-refractivity contribution in [3.8, 4) is 17.2 Å². The minimum absolute atomic E-state index is 0.139. The number of carbonyl (C=O) groups excluding carboxylic acids is 1. The van der Waals surface area contributed by atoms with Crippen LogP contribution in [0.3, 0.4) is 0 Å². The number of hydrogen-bond acceptors (Lipinski definition) is 5. The van der Waals surface area contributed by atoms with Crippen molar-refractivity contribution in [2.45, 2.75) is 0 Å². The smallest absolute Gasteiger partial charge is 0.257 e. The molecule has 0 fully saturated rings. The van der Waals surface area contributed by atoms with Crippen LogP contribution in [0.1, 0.15) is 10.4 Å². The SMILES string of the molecule is O=C(NC(=S)Nc1ccc2oc(-c3ccc(O)c(Br)c3)nc2c1)c1cccc(Br)c1. The highest BCUT2D eigenvalue weighted by Gasteiger charge is 2.12. The molecule has 0 spiro atoms. The second kappa shape index (κ2) is 8.55. The van der Waals surface area contributed by atoms with E-state index in [1.165, 1.54) is 0 Å². The van der Waals surface area contributed by atoms with E-state index in [4.69, 9.17) is 16.6 Å². The molecule has 0 unspecified atom stereocenters. The van der Waals surface area contributed by atoms with Crippen LogP contribution in [0, 0.1) is 0 Å². The number of aromatic nitrogens is 1. The van der Waals surface area contributed by atoms with Crippen LogP contribution in [0.25, 0.3) is 22.6 Å². The van der Waals surface area contributed by atoms with Crippen LogP contribution < -0.4 is 10.6 Å². The number of hydrogen-bond donors (Lipinski definition) is 3. The Hall–Kier alpha value is -2.75. The number of carbonyl (C=O) groups is 1. The monoisotopic (exact) mass is 545 g/mol. The van der Waals surface area contributed by atoms with Crippen LogP contribution in [0.5, 0.6) is 5.75 Å². The molecule has 3 N–H and O–H groups in total. The topological polar surface area (TPSA) is 87.4 Å². The average Bonchev–Trinajstić information content (AvgIpc) is 3.13. The van der Waals surface area contributed by atoms with Gasteiger partial charge in [0, 0.05) is 21.3 Å². The zero-order valence-electron chi connectivity index (χ0n) is 15.1. The van der Waals surface area contributed by atoms with Crippen molar-refractivity contribution in [3.05, 3.63) is 75.2 Å². The van der Waals surface area contributed by atoms with Gasteiger partial charge in [0.2, 0.25) is 5.89 Å². The molecule has 4 rings (SSSR count). The van der Waals surface area contributed by atoms with Gasteiger partial charge in [0.25, 0.3) is 5.91 Å². The number of rotatable bonds is 3. The van der Waals surface area contributed by atoms with Crippen molar-refractivity contribution >= 4 is 71.9 Å². The molecule has 150 valence electrons. The molecule has 0 aliphatic heterocycles. The first-order valence-electron chi connectivity index (χ1n) is 8.66. The Morgan fingerprint density at radius 3 is 2.67 bits per heavy atom. The van der Waals surface area contributed by atoms with Crippen molar-refractivity contribution in [3.63, 3.8) is 0 Å². The Labute approximate surface area is 193 Å². The molecule has 30 heavy (non-hydrogen) atoms. The number of benzene rings is 3. The second-order valence-corrected chi connectivity index (χ2v) is 8.46. The summed E-state index contributed by atoms with van der Waals surface area (Å²) in [6.07, 6.45) is 0. The number of phenols is 1. The molecule has 1 amide bonds. The first kappa shape index (κ1) is 20.5. The number of fused-ring (bicyclic) bond motifs is 1. The summed E-state index contributed by atoms with van der Waals surface area (Å²) in [5.41, 5.74) is 3.10. The number of aromatic hydroxyl groups is 1. The summed E-state index contributed by atoms with van der Waals surface area (Å²) in [5, 5.41) is 15.5. The zero-order valence-corrected chi connectivity index (χ0v) is 19.1. The van der Waals surface area contributed by atoms with Gasteiger partial charge in [-0.3, -0.25) is 10.1 Å². The molecular formula is C21H13Br2N3O3S. The fraction of sp³-hybridized carbons (Fsp3) is 0.